The van der Waals surface area contributed by atoms with Crippen molar-refractivity contribution >= 4 is 15.7 Å². The number of sulfone groups is 1. The van der Waals surface area contributed by atoms with Gasteiger partial charge in [0, 0.05) is 19.0 Å². The highest BCUT2D eigenvalue weighted by molar-refractivity contribution is 7.91. The second kappa shape index (κ2) is 5.85. The average Bonchev–Trinajstić information content (AvgIpc) is 2.57. The minimum absolute atomic E-state index is 0.0929. The predicted octanol–water partition coefficient (Wildman–Crippen LogP) is 1.46. The lowest BCUT2D eigenvalue weighted by molar-refractivity contribution is -0.133. The summed E-state index contributed by atoms with van der Waals surface area (Å²) in [6.45, 7) is 6.70. The van der Waals surface area contributed by atoms with Gasteiger partial charge in [-0.1, -0.05) is 13.8 Å². The van der Waals surface area contributed by atoms with Gasteiger partial charge >= 0.3 is 0 Å². The van der Waals surface area contributed by atoms with Crippen LogP contribution in [0.3, 0.4) is 0 Å². The largest absolute Gasteiger partial charge is 0.339 e. The summed E-state index contributed by atoms with van der Waals surface area (Å²) in [4.78, 5) is 13.8. The summed E-state index contributed by atoms with van der Waals surface area (Å²) in [5.41, 5.74) is 0. The molecule has 5 heteroatoms. The van der Waals surface area contributed by atoms with E-state index in [1.165, 1.54) is 0 Å². The first-order valence-corrected chi connectivity index (χ1v) is 8.17. The van der Waals surface area contributed by atoms with Crippen LogP contribution in [0.25, 0.3) is 0 Å². The average molecular weight is 261 g/mol. The van der Waals surface area contributed by atoms with E-state index in [2.05, 4.69) is 13.8 Å². The molecular weight excluding hydrogens is 238 g/mol. The summed E-state index contributed by atoms with van der Waals surface area (Å²) in [5.74, 6) is 0.980. The van der Waals surface area contributed by atoms with Crippen LogP contribution in [0.1, 0.15) is 40.0 Å². The molecule has 1 rings (SSSR count). The summed E-state index contributed by atoms with van der Waals surface area (Å²) in [6.07, 6.45) is 2.00. The van der Waals surface area contributed by atoms with Crippen molar-refractivity contribution in [3.8, 4) is 0 Å². The molecule has 1 heterocycles. The van der Waals surface area contributed by atoms with Crippen molar-refractivity contribution in [2.24, 2.45) is 5.92 Å². The highest BCUT2D eigenvalue weighted by atomic mass is 32.2. The summed E-state index contributed by atoms with van der Waals surface area (Å²) in [7, 11) is -2.91. The fourth-order valence-corrected chi connectivity index (χ4v) is 3.95. The Balaban J connectivity index is 2.56. The van der Waals surface area contributed by atoms with E-state index in [4.69, 9.17) is 0 Å². The molecule has 1 unspecified atom stereocenters. The predicted molar refractivity (Wildman–Crippen MR) is 68.5 cm³/mol. The van der Waals surface area contributed by atoms with Gasteiger partial charge in [-0.3, -0.25) is 4.79 Å². The van der Waals surface area contributed by atoms with E-state index in [0.29, 0.717) is 25.3 Å². The normalized spacial score (nSPS) is 22.9. The van der Waals surface area contributed by atoms with Crippen molar-refractivity contribution in [1.29, 1.82) is 0 Å². The van der Waals surface area contributed by atoms with Gasteiger partial charge in [-0.05, 0) is 25.7 Å². The van der Waals surface area contributed by atoms with Crippen molar-refractivity contribution in [3.05, 3.63) is 0 Å². The fraction of sp³-hybridized carbons (Fsp3) is 0.917. The van der Waals surface area contributed by atoms with Gasteiger partial charge in [0.05, 0.1) is 11.5 Å². The Morgan fingerprint density at radius 3 is 2.47 bits per heavy atom. The van der Waals surface area contributed by atoms with Gasteiger partial charge in [-0.15, -0.1) is 0 Å². The molecule has 1 aliphatic heterocycles. The standard InChI is InChI=1S/C12H23NO3S/c1-4-13(12(14)6-5-10(2)3)11-7-8-17(15,16)9-11/h10-11H,4-9H2,1-3H3. The second-order valence-electron chi connectivity index (χ2n) is 5.17. The van der Waals surface area contributed by atoms with Crippen LogP contribution in [0.15, 0.2) is 0 Å². The van der Waals surface area contributed by atoms with Crippen LogP contribution in [0, 0.1) is 5.92 Å². The molecule has 4 nitrogen and oxygen atoms in total. The van der Waals surface area contributed by atoms with Crippen molar-refractivity contribution in [2.75, 3.05) is 18.1 Å². The molecule has 1 aliphatic rings. The number of hydrogen-bond donors (Lipinski definition) is 0. The minimum atomic E-state index is -2.91. The number of carbonyl (C=O) groups is 1. The van der Waals surface area contributed by atoms with Gasteiger partial charge in [0.2, 0.25) is 5.91 Å². The Morgan fingerprint density at radius 1 is 1.41 bits per heavy atom. The molecular formula is C12H23NO3S. The van der Waals surface area contributed by atoms with Crippen LogP contribution >= 0.6 is 0 Å². The van der Waals surface area contributed by atoms with Gasteiger partial charge in [0.1, 0.15) is 0 Å². The number of amides is 1. The van der Waals surface area contributed by atoms with E-state index in [0.717, 1.165) is 6.42 Å². The summed E-state index contributed by atoms with van der Waals surface area (Å²) < 4.78 is 22.8. The first kappa shape index (κ1) is 14.5. The Morgan fingerprint density at radius 2 is 2.06 bits per heavy atom. The lowest BCUT2D eigenvalue weighted by atomic mass is 10.1. The molecule has 1 amide bonds. The molecule has 0 radical (unpaired) electrons. The topological polar surface area (TPSA) is 54.5 Å². The molecule has 0 aromatic rings. The molecule has 0 bridgehead atoms. The third kappa shape index (κ3) is 4.30. The Bertz CT molecular complexity index is 362. The number of rotatable bonds is 5. The van der Waals surface area contributed by atoms with E-state index in [1.54, 1.807) is 4.90 Å². The Hall–Kier alpha value is -0.580. The van der Waals surface area contributed by atoms with E-state index in [-0.39, 0.29) is 23.5 Å². The highest BCUT2D eigenvalue weighted by Crippen LogP contribution is 2.19. The van der Waals surface area contributed by atoms with Crippen LogP contribution in [0.4, 0.5) is 0 Å². The van der Waals surface area contributed by atoms with E-state index in [9.17, 15) is 13.2 Å². The van der Waals surface area contributed by atoms with Crippen molar-refractivity contribution in [1.82, 2.24) is 4.90 Å². The van der Waals surface area contributed by atoms with Crippen molar-refractivity contribution in [3.63, 3.8) is 0 Å². The zero-order valence-electron chi connectivity index (χ0n) is 11.0. The fourth-order valence-electron chi connectivity index (χ4n) is 2.22. The third-order valence-corrected chi connectivity index (χ3v) is 5.00. The number of carbonyl (C=O) groups excluding carboxylic acids is 1. The van der Waals surface area contributed by atoms with Crippen LogP contribution in [0.5, 0.6) is 0 Å². The zero-order chi connectivity index (χ0) is 13.1. The number of hydrogen-bond acceptors (Lipinski definition) is 3. The maximum Gasteiger partial charge on any atom is 0.222 e. The van der Waals surface area contributed by atoms with E-state index in [1.807, 2.05) is 6.92 Å². The highest BCUT2D eigenvalue weighted by Gasteiger charge is 2.33. The first-order chi connectivity index (χ1) is 7.85. The van der Waals surface area contributed by atoms with Gasteiger partial charge < -0.3 is 4.90 Å². The zero-order valence-corrected chi connectivity index (χ0v) is 11.8. The molecule has 100 valence electrons. The summed E-state index contributed by atoms with van der Waals surface area (Å²) >= 11 is 0. The van der Waals surface area contributed by atoms with Crippen LogP contribution in [-0.2, 0) is 14.6 Å². The molecule has 17 heavy (non-hydrogen) atoms. The Labute approximate surface area is 104 Å². The quantitative estimate of drug-likeness (QED) is 0.753. The molecule has 0 saturated carbocycles. The molecule has 1 fully saturated rings. The number of nitrogens with zero attached hydrogens (tertiary/aromatic N) is 1. The van der Waals surface area contributed by atoms with Gasteiger partial charge in [0.15, 0.2) is 9.84 Å². The van der Waals surface area contributed by atoms with Crippen LogP contribution in [-0.4, -0.2) is 43.3 Å². The molecule has 0 spiro atoms. The van der Waals surface area contributed by atoms with Crippen LogP contribution in [0.2, 0.25) is 0 Å². The Kier molecular flexibility index (Phi) is 4.98. The first-order valence-electron chi connectivity index (χ1n) is 6.35. The van der Waals surface area contributed by atoms with Gasteiger partial charge in [0.25, 0.3) is 0 Å². The maximum absolute atomic E-state index is 12.0. The molecule has 0 aromatic carbocycles. The van der Waals surface area contributed by atoms with Crippen molar-refractivity contribution in [2.45, 2.75) is 46.1 Å². The van der Waals surface area contributed by atoms with Gasteiger partial charge in [-0.25, -0.2) is 8.42 Å². The lowest BCUT2D eigenvalue weighted by Crippen LogP contribution is -2.40. The third-order valence-electron chi connectivity index (χ3n) is 3.25. The lowest BCUT2D eigenvalue weighted by Gasteiger charge is -2.27. The van der Waals surface area contributed by atoms with E-state index < -0.39 is 9.84 Å². The molecule has 1 atom stereocenters. The SMILES string of the molecule is CCN(C(=O)CCC(C)C)C1CCS(=O)(=O)C1. The monoisotopic (exact) mass is 261 g/mol. The van der Waals surface area contributed by atoms with Crippen molar-refractivity contribution < 1.29 is 13.2 Å². The summed E-state index contributed by atoms with van der Waals surface area (Å²) in [5, 5.41) is 0. The molecule has 0 aliphatic carbocycles. The molecule has 1 saturated heterocycles. The minimum Gasteiger partial charge on any atom is -0.339 e. The molecule has 0 aromatic heterocycles. The van der Waals surface area contributed by atoms with Gasteiger partial charge in [-0.2, -0.15) is 0 Å². The maximum atomic E-state index is 12.0. The smallest absolute Gasteiger partial charge is 0.222 e. The van der Waals surface area contributed by atoms with E-state index >= 15 is 0 Å². The van der Waals surface area contributed by atoms with Crippen LogP contribution < -0.4 is 0 Å². The second-order valence-corrected chi connectivity index (χ2v) is 7.40. The molecule has 0 N–H and O–H groups in total. The summed E-state index contributed by atoms with van der Waals surface area (Å²) in [6, 6.07) is -0.0929.